The number of thiazole rings is 1. The molecule has 0 fully saturated rings. The van der Waals surface area contributed by atoms with Crippen molar-refractivity contribution in [3.63, 3.8) is 0 Å². The molecule has 7 heteroatoms. The van der Waals surface area contributed by atoms with Crippen molar-refractivity contribution in [1.82, 2.24) is 20.2 Å². The largest absolute Gasteiger partial charge is 0.354 e. The van der Waals surface area contributed by atoms with E-state index in [1.807, 2.05) is 48.5 Å². The summed E-state index contributed by atoms with van der Waals surface area (Å²) in [4.78, 5) is 19.6. The van der Waals surface area contributed by atoms with Crippen molar-refractivity contribution < 1.29 is 0 Å². The van der Waals surface area contributed by atoms with Crippen LogP contribution in [0.3, 0.4) is 0 Å². The number of aromatic amines is 1. The van der Waals surface area contributed by atoms with E-state index in [0.717, 1.165) is 28.2 Å². The second kappa shape index (κ2) is 7.92. The molecule has 0 atom stereocenters. The topological polar surface area (TPSA) is 83.6 Å². The van der Waals surface area contributed by atoms with Crippen molar-refractivity contribution in [2.75, 3.05) is 11.9 Å². The zero-order chi connectivity index (χ0) is 18.5. The van der Waals surface area contributed by atoms with Crippen LogP contribution >= 0.6 is 11.3 Å². The summed E-state index contributed by atoms with van der Waals surface area (Å²) in [6.45, 7) is 0.604. The predicted octanol–water partition coefficient (Wildman–Crippen LogP) is 3.61. The minimum Gasteiger partial charge on any atom is -0.354 e. The summed E-state index contributed by atoms with van der Waals surface area (Å²) in [7, 11) is 0. The minimum atomic E-state index is -0.265. The SMILES string of the molecule is O=c1[nH]c(NCCc2csc(-c3ccccc3)n2)nnc1-c1ccccc1. The lowest BCUT2D eigenvalue weighted by atomic mass is 10.2. The average Bonchev–Trinajstić information content (AvgIpc) is 3.18. The summed E-state index contributed by atoms with van der Waals surface area (Å²) in [6, 6.07) is 19.4. The fraction of sp³-hybridized carbons (Fsp3) is 0.100. The molecule has 4 rings (SSSR count). The van der Waals surface area contributed by atoms with Gasteiger partial charge in [0.05, 0.1) is 5.69 Å². The van der Waals surface area contributed by atoms with Crippen LogP contribution in [0.5, 0.6) is 0 Å². The first-order chi connectivity index (χ1) is 13.3. The lowest BCUT2D eigenvalue weighted by Gasteiger charge is -2.04. The number of nitrogens with zero attached hydrogens (tertiary/aromatic N) is 3. The summed E-state index contributed by atoms with van der Waals surface area (Å²) < 4.78 is 0. The van der Waals surface area contributed by atoms with Crippen LogP contribution in [0.2, 0.25) is 0 Å². The highest BCUT2D eigenvalue weighted by molar-refractivity contribution is 7.13. The molecule has 0 bridgehead atoms. The van der Waals surface area contributed by atoms with Crippen LogP contribution in [0.25, 0.3) is 21.8 Å². The molecular weight excluding hydrogens is 358 g/mol. The summed E-state index contributed by atoms with van der Waals surface area (Å²) in [5.41, 5.74) is 2.91. The van der Waals surface area contributed by atoms with Gasteiger partial charge >= 0.3 is 0 Å². The Kier molecular flexibility index (Phi) is 5.02. The van der Waals surface area contributed by atoms with Gasteiger partial charge in [0.25, 0.3) is 5.56 Å². The molecule has 0 spiro atoms. The van der Waals surface area contributed by atoms with Crippen molar-refractivity contribution in [3.8, 4) is 21.8 Å². The zero-order valence-electron chi connectivity index (χ0n) is 14.4. The number of benzene rings is 2. The van der Waals surface area contributed by atoms with E-state index in [2.05, 4.69) is 43.0 Å². The number of rotatable bonds is 6. The van der Waals surface area contributed by atoms with Crippen LogP contribution in [-0.4, -0.2) is 26.7 Å². The molecule has 0 saturated heterocycles. The second-order valence-electron chi connectivity index (χ2n) is 5.90. The molecule has 0 aliphatic heterocycles. The monoisotopic (exact) mass is 375 g/mol. The van der Waals surface area contributed by atoms with Gasteiger partial charge in [0.1, 0.15) is 5.01 Å². The molecule has 134 valence electrons. The highest BCUT2D eigenvalue weighted by atomic mass is 32.1. The Labute approximate surface area is 160 Å². The van der Waals surface area contributed by atoms with Gasteiger partial charge in [-0.2, -0.15) is 0 Å². The third kappa shape index (κ3) is 4.09. The molecule has 0 aliphatic carbocycles. The van der Waals surface area contributed by atoms with E-state index in [1.165, 1.54) is 0 Å². The van der Waals surface area contributed by atoms with Gasteiger partial charge in [-0.1, -0.05) is 60.7 Å². The third-order valence-electron chi connectivity index (χ3n) is 3.99. The van der Waals surface area contributed by atoms with Crippen LogP contribution in [0, 0.1) is 0 Å². The molecule has 2 aromatic carbocycles. The fourth-order valence-electron chi connectivity index (χ4n) is 2.65. The van der Waals surface area contributed by atoms with Crippen molar-refractivity contribution in [2.24, 2.45) is 0 Å². The van der Waals surface area contributed by atoms with Crippen LogP contribution < -0.4 is 10.9 Å². The predicted molar refractivity (Wildman–Crippen MR) is 108 cm³/mol. The van der Waals surface area contributed by atoms with E-state index in [-0.39, 0.29) is 5.56 Å². The first-order valence-electron chi connectivity index (χ1n) is 8.56. The number of anilines is 1. The van der Waals surface area contributed by atoms with Crippen molar-refractivity contribution in [2.45, 2.75) is 6.42 Å². The average molecular weight is 375 g/mol. The molecule has 0 saturated carbocycles. The van der Waals surface area contributed by atoms with Crippen LogP contribution in [0.15, 0.2) is 70.8 Å². The van der Waals surface area contributed by atoms with Gasteiger partial charge in [0.15, 0.2) is 5.69 Å². The van der Waals surface area contributed by atoms with Crippen molar-refractivity contribution in [3.05, 3.63) is 82.1 Å². The summed E-state index contributed by atoms with van der Waals surface area (Å²) in [5.74, 6) is 0.359. The smallest absolute Gasteiger partial charge is 0.279 e. The summed E-state index contributed by atoms with van der Waals surface area (Å²) >= 11 is 1.63. The van der Waals surface area contributed by atoms with E-state index in [0.29, 0.717) is 18.2 Å². The Hall–Kier alpha value is -3.32. The molecular formula is C20H17N5OS. The molecule has 2 N–H and O–H groups in total. The normalized spacial score (nSPS) is 10.7. The maximum atomic E-state index is 12.2. The Bertz CT molecular complexity index is 1080. The van der Waals surface area contributed by atoms with Gasteiger partial charge in [-0.15, -0.1) is 21.5 Å². The highest BCUT2D eigenvalue weighted by Gasteiger charge is 2.08. The van der Waals surface area contributed by atoms with E-state index in [1.54, 1.807) is 11.3 Å². The van der Waals surface area contributed by atoms with Crippen LogP contribution in [-0.2, 0) is 6.42 Å². The lowest BCUT2D eigenvalue weighted by molar-refractivity contribution is 0.905. The quantitative estimate of drug-likeness (QED) is 0.538. The highest BCUT2D eigenvalue weighted by Crippen LogP contribution is 2.23. The van der Waals surface area contributed by atoms with E-state index in [4.69, 9.17) is 0 Å². The Morgan fingerprint density at radius 2 is 1.63 bits per heavy atom. The van der Waals surface area contributed by atoms with Crippen molar-refractivity contribution >= 4 is 17.3 Å². The fourth-order valence-corrected chi connectivity index (χ4v) is 3.51. The number of hydrogen-bond acceptors (Lipinski definition) is 6. The van der Waals surface area contributed by atoms with Crippen molar-refractivity contribution in [1.29, 1.82) is 0 Å². The molecule has 0 aliphatic rings. The molecule has 2 aromatic heterocycles. The first kappa shape index (κ1) is 17.1. The second-order valence-corrected chi connectivity index (χ2v) is 6.76. The standard InChI is InChI=1S/C20H17N5OS/c26-18-17(14-7-3-1-4-8-14)24-25-20(23-18)21-12-11-16-13-27-19(22-16)15-9-5-2-6-10-15/h1-10,13H,11-12H2,(H2,21,23,25,26). The number of H-pyrrole nitrogens is 1. The molecule has 0 radical (unpaired) electrons. The first-order valence-corrected chi connectivity index (χ1v) is 9.44. The Morgan fingerprint density at radius 1 is 0.926 bits per heavy atom. The van der Waals surface area contributed by atoms with Gasteiger partial charge in [-0.25, -0.2) is 4.98 Å². The summed E-state index contributed by atoms with van der Waals surface area (Å²) in [6.07, 6.45) is 0.730. The Balaban J connectivity index is 1.38. The molecule has 0 amide bonds. The maximum Gasteiger partial charge on any atom is 0.279 e. The van der Waals surface area contributed by atoms with Gasteiger partial charge in [0, 0.05) is 29.5 Å². The zero-order valence-corrected chi connectivity index (χ0v) is 15.2. The van der Waals surface area contributed by atoms with Gasteiger partial charge in [-0.05, 0) is 0 Å². The van der Waals surface area contributed by atoms with E-state index >= 15 is 0 Å². The minimum absolute atomic E-state index is 0.265. The van der Waals surface area contributed by atoms with Gasteiger partial charge < -0.3 is 5.32 Å². The molecule has 4 aromatic rings. The number of nitrogens with one attached hydrogen (secondary N) is 2. The third-order valence-corrected chi connectivity index (χ3v) is 4.93. The molecule has 2 heterocycles. The number of hydrogen-bond donors (Lipinski definition) is 2. The molecule has 6 nitrogen and oxygen atoms in total. The van der Waals surface area contributed by atoms with Gasteiger partial charge in [0.2, 0.25) is 5.95 Å². The number of aromatic nitrogens is 4. The van der Waals surface area contributed by atoms with Crippen LogP contribution in [0.4, 0.5) is 5.95 Å². The van der Waals surface area contributed by atoms with E-state index in [9.17, 15) is 4.79 Å². The van der Waals surface area contributed by atoms with E-state index < -0.39 is 0 Å². The molecule has 27 heavy (non-hydrogen) atoms. The van der Waals surface area contributed by atoms with Gasteiger partial charge in [-0.3, -0.25) is 9.78 Å². The Morgan fingerprint density at radius 3 is 2.33 bits per heavy atom. The lowest BCUT2D eigenvalue weighted by Crippen LogP contribution is -2.18. The maximum absolute atomic E-state index is 12.2. The summed E-state index contributed by atoms with van der Waals surface area (Å²) in [5, 5.41) is 14.3. The molecule has 0 unspecified atom stereocenters. The van der Waals surface area contributed by atoms with Crippen LogP contribution in [0.1, 0.15) is 5.69 Å².